The number of aliphatic hydroxyl groups is 2. The number of rotatable bonds is 6. The van der Waals surface area contributed by atoms with Crippen LogP contribution in [0, 0.1) is 11.8 Å². The Balaban J connectivity index is 1.70. The summed E-state index contributed by atoms with van der Waals surface area (Å²) in [5.41, 5.74) is 0.432. The fourth-order valence-corrected chi connectivity index (χ4v) is 7.12. The minimum atomic E-state index is -1.56. The summed E-state index contributed by atoms with van der Waals surface area (Å²) in [6, 6.07) is -10.1. The maximum Gasteiger partial charge on any atom is 0.248 e. The molecule has 0 aromatic carbocycles. The Hall–Kier alpha value is -5.11. The number of carbonyl (C=O) groups is 8. The van der Waals surface area contributed by atoms with E-state index in [0.717, 1.165) is 0 Å². The summed E-state index contributed by atoms with van der Waals surface area (Å²) in [6.45, 7) is 8.78. The number of imidazole rings is 1. The molecule has 3 aliphatic heterocycles. The Morgan fingerprint density at radius 2 is 1.18 bits per heavy atom. The van der Waals surface area contributed by atoms with Crippen LogP contribution in [0.1, 0.15) is 72.9 Å². The lowest BCUT2D eigenvalue weighted by molar-refractivity contribution is -0.149. The lowest BCUT2D eigenvalue weighted by Gasteiger charge is -2.34. The summed E-state index contributed by atoms with van der Waals surface area (Å²) in [4.78, 5) is 119. The lowest BCUT2D eigenvalue weighted by Crippen LogP contribution is -2.63. The van der Waals surface area contributed by atoms with E-state index in [0.29, 0.717) is 18.5 Å². The molecular formula is C36H56N10O10. The van der Waals surface area contributed by atoms with Crippen LogP contribution in [0.5, 0.6) is 0 Å². The molecule has 1 unspecified atom stereocenters. The summed E-state index contributed by atoms with van der Waals surface area (Å²) >= 11 is 0. The van der Waals surface area contributed by atoms with Crippen molar-refractivity contribution in [2.45, 2.75) is 128 Å². The van der Waals surface area contributed by atoms with E-state index in [2.05, 4.69) is 41.9 Å². The van der Waals surface area contributed by atoms with E-state index in [9.17, 15) is 48.6 Å². The number of aromatic nitrogens is 2. The van der Waals surface area contributed by atoms with Crippen LogP contribution in [0.3, 0.4) is 0 Å². The van der Waals surface area contributed by atoms with E-state index in [1.807, 2.05) is 0 Å². The van der Waals surface area contributed by atoms with Gasteiger partial charge in [0.15, 0.2) is 0 Å². The molecular weight excluding hydrogens is 732 g/mol. The van der Waals surface area contributed by atoms with Crippen molar-refractivity contribution in [3.05, 3.63) is 18.2 Å². The summed E-state index contributed by atoms with van der Waals surface area (Å²) in [6.07, 6.45) is 2.70. The molecule has 9 N–H and O–H groups in total. The van der Waals surface area contributed by atoms with Gasteiger partial charge in [-0.3, -0.25) is 38.4 Å². The van der Waals surface area contributed by atoms with Gasteiger partial charge in [-0.2, -0.15) is 0 Å². The number of aromatic amines is 1. The Morgan fingerprint density at radius 1 is 0.661 bits per heavy atom. The molecule has 3 fully saturated rings. The van der Waals surface area contributed by atoms with Crippen molar-refractivity contribution in [3.8, 4) is 0 Å². The predicted molar refractivity (Wildman–Crippen MR) is 197 cm³/mol. The topological polar surface area (TPSA) is 284 Å². The fourth-order valence-electron chi connectivity index (χ4n) is 7.12. The van der Waals surface area contributed by atoms with Gasteiger partial charge in [0.2, 0.25) is 47.3 Å². The van der Waals surface area contributed by atoms with E-state index in [-0.39, 0.29) is 32.4 Å². The van der Waals surface area contributed by atoms with Crippen molar-refractivity contribution in [3.63, 3.8) is 0 Å². The van der Waals surface area contributed by atoms with Crippen LogP contribution >= 0.6 is 0 Å². The van der Waals surface area contributed by atoms with Crippen molar-refractivity contribution >= 4 is 47.3 Å². The number of amides is 8. The first-order valence-electron chi connectivity index (χ1n) is 19.1. The number of fused-ring (bicyclic) bond motifs is 2. The van der Waals surface area contributed by atoms with Crippen molar-refractivity contribution < 1.29 is 48.6 Å². The third-order valence-electron chi connectivity index (χ3n) is 10.4. The molecule has 0 spiro atoms. The zero-order chi connectivity index (χ0) is 41.4. The van der Waals surface area contributed by atoms with Crippen LogP contribution in [0.4, 0.5) is 0 Å². The first-order chi connectivity index (χ1) is 26.4. The van der Waals surface area contributed by atoms with Gasteiger partial charge in [-0.1, -0.05) is 27.7 Å². The van der Waals surface area contributed by atoms with Crippen LogP contribution < -0.4 is 31.9 Å². The van der Waals surface area contributed by atoms with Gasteiger partial charge in [0.25, 0.3) is 0 Å². The number of H-pyrrole nitrogens is 1. The molecule has 1 aromatic rings. The Morgan fingerprint density at radius 3 is 1.73 bits per heavy atom. The smallest absolute Gasteiger partial charge is 0.248 e. The Bertz CT molecular complexity index is 1620. The molecule has 56 heavy (non-hydrogen) atoms. The zero-order valence-corrected chi connectivity index (χ0v) is 32.7. The van der Waals surface area contributed by atoms with Crippen molar-refractivity contribution in [1.82, 2.24) is 51.7 Å². The maximum atomic E-state index is 14.1. The molecule has 0 bridgehead atoms. The first-order valence-corrected chi connectivity index (χ1v) is 19.1. The van der Waals surface area contributed by atoms with E-state index >= 15 is 0 Å². The zero-order valence-electron chi connectivity index (χ0n) is 32.7. The van der Waals surface area contributed by atoms with Gasteiger partial charge in [-0.25, -0.2) is 4.98 Å². The SMILES string of the molecule is CC(C)[C@@H]1NC(=O)[C@H](C)NC(=O)C(Cc2cnc[nH]2)NC(=O)[C@H](CO)NC(=O)[C@H](C(C)C)NC(=O)[C@@H]2CCCN2C(=O)[C@@H]2CCCN2C(=O)[C@H]([C@H](C)O)NC1=O. The molecule has 3 aliphatic rings. The minimum absolute atomic E-state index is 0.136. The molecule has 8 amide bonds. The van der Waals surface area contributed by atoms with Crippen molar-refractivity contribution in [1.29, 1.82) is 0 Å². The third kappa shape index (κ3) is 10.4. The van der Waals surface area contributed by atoms with E-state index < -0.39 is 120 Å². The molecule has 4 heterocycles. The molecule has 0 aliphatic carbocycles. The van der Waals surface area contributed by atoms with E-state index in [1.54, 1.807) is 27.7 Å². The van der Waals surface area contributed by atoms with Crippen LogP contribution in [0.15, 0.2) is 12.5 Å². The lowest BCUT2D eigenvalue weighted by atomic mass is 10.0. The van der Waals surface area contributed by atoms with Gasteiger partial charge in [-0.15, -0.1) is 0 Å². The number of nitrogens with zero attached hydrogens (tertiary/aromatic N) is 3. The molecule has 0 saturated carbocycles. The number of carbonyl (C=O) groups excluding carboxylic acids is 8. The third-order valence-corrected chi connectivity index (χ3v) is 10.4. The van der Waals surface area contributed by atoms with Gasteiger partial charge in [0, 0.05) is 31.4 Å². The van der Waals surface area contributed by atoms with Gasteiger partial charge >= 0.3 is 0 Å². The monoisotopic (exact) mass is 788 g/mol. The normalized spacial score (nSPS) is 30.1. The van der Waals surface area contributed by atoms with Gasteiger partial charge in [0.1, 0.15) is 48.3 Å². The molecule has 310 valence electrons. The Kier molecular flexibility index (Phi) is 14.9. The fraction of sp³-hybridized carbons (Fsp3) is 0.694. The molecule has 9 atom stereocenters. The van der Waals surface area contributed by atoms with Crippen LogP contribution in [0.25, 0.3) is 0 Å². The number of nitrogens with one attached hydrogen (secondary N) is 7. The van der Waals surface area contributed by atoms with Crippen LogP contribution in [0.2, 0.25) is 0 Å². The molecule has 0 radical (unpaired) electrons. The second-order valence-electron chi connectivity index (χ2n) is 15.4. The largest absolute Gasteiger partial charge is 0.394 e. The molecule has 1 aromatic heterocycles. The number of hydrogen-bond donors (Lipinski definition) is 9. The van der Waals surface area contributed by atoms with E-state index in [4.69, 9.17) is 0 Å². The number of hydrogen-bond acceptors (Lipinski definition) is 11. The van der Waals surface area contributed by atoms with Gasteiger partial charge in [-0.05, 0) is 51.4 Å². The highest BCUT2D eigenvalue weighted by Crippen LogP contribution is 2.26. The van der Waals surface area contributed by atoms with Crippen LogP contribution in [-0.2, 0) is 44.8 Å². The molecule has 4 rings (SSSR count). The van der Waals surface area contributed by atoms with Gasteiger partial charge < -0.3 is 56.9 Å². The van der Waals surface area contributed by atoms with Gasteiger partial charge in [0.05, 0.1) is 19.0 Å². The maximum absolute atomic E-state index is 14.1. The quantitative estimate of drug-likeness (QED) is 0.137. The second kappa shape index (κ2) is 19.2. The molecule has 20 heteroatoms. The summed E-state index contributed by atoms with van der Waals surface area (Å²) in [5, 5.41) is 36.2. The second-order valence-corrected chi connectivity index (χ2v) is 15.4. The standard InChI is InChI=1S/C36H56N10O10/c1-17(2)26-33(53)41-23(15-47)31(51)40-22(13-21-14-37-16-38-21)30(50)39-19(5)29(49)42-27(18(3)4)34(54)44-28(20(6)48)36(56)46-12-8-10-25(46)35(55)45-11-7-9-24(45)32(52)43-26/h14,16-20,22-28,47-48H,7-13,15H2,1-6H3,(H,37,38)(H,39,50)(H,40,51)(H,41,53)(H,42,49)(H,43,52)(H,44,54)/t19-,20-,22?,23-,24-,25-,26-,27-,28-/m0/s1. The average Bonchev–Trinajstić information content (AvgIpc) is 3.95. The van der Waals surface area contributed by atoms with Crippen LogP contribution in [-0.4, -0.2) is 151 Å². The van der Waals surface area contributed by atoms with Crippen molar-refractivity contribution in [2.75, 3.05) is 19.7 Å². The van der Waals surface area contributed by atoms with E-state index in [1.165, 1.54) is 36.2 Å². The predicted octanol–water partition coefficient (Wildman–Crippen LogP) is -3.44. The minimum Gasteiger partial charge on any atom is -0.394 e. The Labute approximate surface area is 325 Å². The summed E-state index contributed by atoms with van der Waals surface area (Å²) in [7, 11) is 0. The summed E-state index contributed by atoms with van der Waals surface area (Å²) < 4.78 is 0. The molecule has 20 nitrogen and oxygen atoms in total. The van der Waals surface area contributed by atoms with Crippen molar-refractivity contribution in [2.24, 2.45) is 11.8 Å². The average molecular weight is 789 g/mol. The highest BCUT2D eigenvalue weighted by molar-refractivity contribution is 5.99. The highest BCUT2D eigenvalue weighted by Gasteiger charge is 2.45. The highest BCUT2D eigenvalue weighted by atomic mass is 16.3. The number of aliphatic hydroxyl groups excluding tert-OH is 2. The molecule has 3 saturated heterocycles. The first kappa shape index (κ1) is 43.6. The summed E-state index contributed by atoms with van der Waals surface area (Å²) in [5.74, 6) is -6.99.